The fourth-order valence-electron chi connectivity index (χ4n) is 0.665. The highest BCUT2D eigenvalue weighted by Crippen LogP contribution is 2.15. The Morgan fingerprint density at radius 2 is 2.00 bits per heavy atom. The van der Waals surface area contributed by atoms with Gasteiger partial charge in [-0.1, -0.05) is 0 Å². The summed E-state index contributed by atoms with van der Waals surface area (Å²) in [6.45, 7) is 3.91. The molecule has 52 valence electrons. The summed E-state index contributed by atoms with van der Waals surface area (Å²) in [5, 5.41) is 0. The molecule has 1 aliphatic heterocycles. The summed E-state index contributed by atoms with van der Waals surface area (Å²) < 4.78 is 24.0. The Bertz CT molecular complexity index is 250. The van der Waals surface area contributed by atoms with Gasteiger partial charge in [0.2, 0.25) is 10.0 Å². The Morgan fingerprint density at radius 3 is 2.11 bits per heavy atom. The minimum atomic E-state index is -3.04. The first kappa shape index (κ1) is 6.77. The standard InChI is InChI=1S/C5H9NO2S/c1-4-3-6-9(7,8)5(4)2/h6H,3H2,1-2H3. The third-order valence-electron chi connectivity index (χ3n) is 1.53. The smallest absolute Gasteiger partial charge is 0.207 e. The summed E-state index contributed by atoms with van der Waals surface area (Å²) in [5.41, 5.74) is 0.912. The highest BCUT2D eigenvalue weighted by molar-refractivity contribution is 7.93. The molecule has 0 unspecified atom stereocenters. The van der Waals surface area contributed by atoms with E-state index in [0.29, 0.717) is 11.4 Å². The van der Waals surface area contributed by atoms with Crippen molar-refractivity contribution >= 4 is 10.0 Å². The van der Waals surface area contributed by atoms with Gasteiger partial charge in [0.25, 0.3) is 0 Å². The summed E-state index contributed by atoms with van der Waals surface area (Å²) in [5.74, 6) is 0. The average Bonchev–Trinajstić information content (AvgIpc) is 1.97. The van der Waals surface area contributed by atoms with Crippen LogP contribution in [0.15, 0.2) is 10.5 Å². The molecule has 0 aromatic heterocycles. The van der Waals surface area contributed by atoms with Crippen LogP contribution in [-0.2, 0) is 10.0 Å². The van der Waals surface area contributed by atoms with Crippen LogP contribution >= 0.6 is 0 Å². The minimum Gasteiger partial charge on any atom is -0.207 e. The van der Waals surface area contributed by atoms with Gasteiger partial charge < -0.3 is 0 Å². The lowest BCUT2D eigenvalue weighted by molar-refractivity contribution is 0.595. The Kier molecular flexibility index (Phi) is 1.36. The Labute approximate surface area is 54.8 Å². The van der Waals surface area contributed by atoms with Gasteiger partial charge in [-0.2, -0.15) is 0 Å². The van der Waals surface area contributed by atoms with E-state index in [4.69, 9.17) is 0 Å². The molecule has 0 saturated carbocycles. The van der Waals surface area contributed by atoms with E-state index in [1.807, 2.05) is 6.92 Å². The average molecular weight is 147 g/mol. The second-order valence-electron chi connectivity index (χ2n) is 2.16. The molecule has 0 radical (unpaired) electrons. The monoisotopic (exact) mass is 147 g/mol. The molecule has 4 heteroatoms. The van der Waals surface area contributed by atoms with E-state index < -0.39 is 10.0 Å². The zero-order chi connectivity index (χ0) is 7.07. The van der Waals surface area contributed by atoms with Crippen LogP contribution < -0.4 is 4.72 Å². The van der Waals surface area contributed by atoms with Gasteiger partial charge in [-0.05, 0) is 19.4 Å². The fraction of sp³-hybridized carbons (Fsp3) is 0.600. The molecule has 0 spiro atoms. The van der Waals surface area contributed by atoms with Gasteiger partial charge in [-0.15, -0.1) is 0 Å². The lowest BCUT2D eigenvalue weighted by Crippen LogP contribution is -2.16. The molecule has 0 amide bonds. The first-order chi connectivity index (χ1) is 4.04. The summed E-state index contributed by atoms with van der Waals surface area (Å²) in [7, 11) is -3.04. The zero-order valence-corrected chi connectivity index (χ0v) is 6.25. The van der Waals surface area contributed by atoms with E-state index in [1.54, 1.807) is 6.92 Å². The molecular formula is C5H9NO2S. The van der Waals surface area contributed by atoms with E-state index in [9.17, 15) is 8.42 Å². The lowest BCUT2D eigenvalue weighted by Gasteiger charge is -1.91. The van der Waals surface area contributed by atoms with Crippen LogP contribution in [0.5, 0.6) is 0 Å². The van der Waals surface area contributed by atoms with Crippen molar-refractivity contribution in [2.45, 2.75) is 13.8 Å². The van der Waals surface area contributed by atoms with Gasteiger partial charge in [0.05, 0.1) is 4.91 Å². The van der Waals surface area contributed by atoms with Crippen molar-refractivity contribution in [2.75, 3.05) is 6.54 Å². The summed E-state index contributed by atoms with van der Waals surface area (Å²) in [6.07, 6.45) is 0. The third kappa shape index (κ3) is 0.997. The van der Waals surface area contributed by atoms with Crippen molar-refractivity contribution in [1.29, 1.82) is 0 Å². The molecule has 9 heavy (non-hydrogen) atoms. The van der Waals surface area contributed by atoms with Crippen molar-refractivity contribution in [3.8, 4) is 0 Å². The van der Waals surface area contributed by atoms with Crippen LogP contribution in [0.25, 0.3) is 0 Å². The molecule has 0 atom stereocenters. The van der Waals surface area contributed by atoms with Gasteiger partial charge in [0.1, 0.15) is 0 Å². The maximum atomic E-state index is 10.8. The van der Waals surface area contributed by atoms with Crippen molar-refractivity contribution in [3.05, 3.63) is 10.5 Å². The van der Waals surface area contributed by atoms with Crippen molar-refractivity contribution in [1.82, 2.24) is 4.72 Å². The molecule has 0 fully saturated rings. The molecule has 1 N–H and O–H groups in total. The van der Waals surface area contributed by atoms with E-state index in [2.05, 4.69) is 4.72 Å². The molecule has 1 rings (SSSR count). The fourth-order valence-corrected chi connectivity index (χ4v) is 1.82. The van der Waals surface area contributed by atoms with Crippen LogP contribution in [0.1, 0.15) is 13.8 Å². The molecule has 0 saturated heterocycles. The van der Waals surface area contributed by atoms with E-state index in [0.717, 1.165) is 5.57 Å². The molecule has 1 heterocycles. The van der Waals surface area contributed by atoms with Crippen molar-refractivity contribution < 1.29 is 8.42 Å². The topological polar surface area (TPSA) is 46.2 Å². The van der Waals surface area contributed by atoms with E-state index in [1.165, 1.54) is 0 Å². The van der Waals surface area contributed by atoms with Crippen LogP contribution in [-0.4, -0.2) is 15.0 Å². The van der Waals surface area contributed by atoms with Gasteiger partial charge >= 0.3 is 0 Å². The molecule has 0 aromatic rings. The van der Waals surface area contributed by atoms with Crippen LogP contribution in [0.4, 0.5) is 0 Å². The van der Waals surface area contributed by atoms with Gasteiger partial charge in [-0.25, -0.2) is 13.1 Å². The number of allylic oxidation sites excluding steroid dienone is 1. The summed E-state index contributed by atoms with van der Waals surface area (Å²) in [6, 6.07) is 0. The summed E-state index contributed by atoms with van der Waals surface area (Å²) in [4.78, 5) is 0.475. The first-order valence-electron chi connectivity index (χ1n) is 2.70. The zero-order valence-electron chi connectivity index (χ0n) is 5.43. The van der Waals surface area contributed by atoms with E-state index >= 15 is 0 Å². The second-order valence-corrected chi connectivity index (χ2v) is 4.07. The van der Waals surface area contributed by atoms with Crippen LogP contribution in [0, 0.1) is 0 Å². The van der Waals surface area contributed by atoms with Crippen molar-refractivity contribution in [3.63, 3.8) is 0 Å². The quantitative estimate of drug-likeness (QED) is 0.532. The highest BCUT2D eigenvalue weighted by atomic mass is 32.2. The number of hydrogen-bond donors (Lipinski definition) is 1. The minimum absolute atomic E-state index is 0.475. The van der Waals surface area contributed by atoms with Gasteiger partial charge in [0, 0.05) is 6.54 Å². The Hall–Kier alpha value is -0.350. The Balaban J connectivity index is 3.17. The predicted octanol–water partition coefficient (Wildman–Crippen LogP) is 0.213. The SMILES string of the molecule is CC1=C(C)S(=O)(=O)NC1. The molecule has 0 bridgehead atoms. The molecule has 1 aliphatic rings. The number of hydrogen-bond acceptors (Lipinski definition) is 2. The predicted molar refractivity (Wildman–Crippen MR) is 35.3 cm³/mol. The van der Waals surface area contributed by atoms with E-state index in [-0.39, 0.29) is 0 Å². The highest BCUT2D eigenvalue weighted by Gasteiger charge is 2.21. The largest absolute Gasteiger partial charge is 0.236 e. The number of rotatable bonds is 0. The van der Waals surface area contributed by atoms with Gasteiger partial charge in [-0.3, -0.25) is 0 Å². The maximum absolute atomic E-state index is 10.8. The normalized spacial score (nSPS) is 25.1. The van der Waals surface area contributed by atoms with Crippen LogP contribution in [0.3, 0.4) is 0 Å². The molecule has 0 aromatic carbocycles. The number of nitrogens with one attached hydrogen (secondary N) is 1. The maximum Gasteiger partial charge on any atom is 0.236 e. The van der Waals surface area contributed by atoms with Crippen molar-refractivity contribution in [2.24, 2.45) is 0 Å². The number of sulfonamides is 1. The Morgan fingerprint density at radius 1 is 1.44 bits per heavy atom. The van der Waals surface area contributed by atoms with Crippen LogP contribution in [0.2, 0.25) is 0 Å². The third-order valence-corrected chi connectivity index (χ3v) is 3.21. The van der Waals surface area contributed by atoms with Gasteiger partial charge in [0.15, 0.2) is 0 Å². The lowest BCUT2D eigenvalue weighted by atomic mass is 10.3. The molecule has 3 nitrogen and oxygen atoms in total. The second kappa shape index (κ2) is 1.82. The molecule has 0 aliphatic carbocycles. The summed E-state index contributed by atoms with van der Waals surface area (Å²) >= 11 is 0. The first-order valence-corrected chi connectivity index (χ1v) is 4.18. The molecular weight excluding hydrogens is 138 g/mol.